The predicted molar refractivity (Wildman–Crippen MR) is 69.2 cm³/mol. The fourth-order valence-electron chi connectivity index (χ4n) is 2.06. The summed E-state index contributed by atoms with van der Waals surface area (Å²) in [6.07, 6.45) is 4.94. The Bertz CT molecular complexity index is 638. The average molecular weight is 222 g/mol. The third kappa shape index (κ3) is 1.94. The van der Waals surface area contributed by atoms with Gasteiger partial charge >= 0.3 is 0 Å². The van der Waals surface area contributed by atoms with Crippen molar-refractivity contribution in [3.05, 3.63) is 71.8 Å². The summed E-state index contributed by atoms with van der Waals surface area (Å²) in [4.78, 5) is 4.49. The van der Waals surface area contributed by atoms with Crippen LogP contribution in [0.15, 0.2) is 54.9 Å². The number of fused-ring (bicyclic) bond motifs is 1. The molecular formula is C15H14N2. The summed E-state index contributed by atoms with van der Waals surface area (Å²) in [6.45, 7) is 2.10. The molecule has 2 heteroatoms. The van der Waals surface area contributed by atoms with Crippen LogP contribution in [0.4, 0.5) is 0 Å². The molecule has 2 heterocycles. The topological polar surface area (TPSA) is 17.3 Å². The highest BCUT2D eigenvalue weighted by atomic mass is 15.0. The molecule has 2 nitrogen and oxygen atoms in total. The molecule has 17 heavy (non-hydrogen) atoms. The second kappa shape index (κ2) is 4.06. The van der Waals surface area contributed by atoms with Crippen molar-refractivity contribution in [2.75, 3.05) is 0 Å². The Hall–Kier alpha value is -2.09. The molecule has 0 atom stereocenters. The maximum Gasteiger partial charge on any atom is 0.117 e. The number of imidazole rings is 1. The molecular weight excluding hydrogens is 208 g/mol. The molecule has 0 amide bonds. The Labute approximate surface area is 101 Å². The van der Waals surface area contributed by atoms with Gasteiger partial charge in [0.1, 0.15) is 5.82 Å². The van der Waals surface area contributed by atoms with Gasteiger partial charge in [-0.1, -0.05) is 36.4 Å². The smallest absolute Gasteiger partial charge is 0.117 e. The molecule has 0 aliphatic heterocycles. The van der Waals surface area contributed by atoms with E-state index in [9.17, 15) is 0 Å². The Morgan fingerprint density at radius 1 is 1.06 bits per heavy atom. The highest BCUT2D eigenvalue weighted by Gasteiger charge is 2.04. The number of nitrogens with zero attached hydrogens (tertiary/aromatic N) is 2. The fourth-order valence-corrected chi connectivity index (χ4v) is 2.06. The van der Waals surface area contributed by atoms with Crippen molar-refractivity contribution in [2.45, 2.75) is 13.3 Å². The zero-order valence-electron chi connectivity index (χ0n) is 9.80. The fraction of sp³-hybridized carbons (Fsp3) is 0.133. The van der Waals surface area contributed by atoms with E-state index in [0.29, 0.717) is 0 Å². The Kier molecular flexibility index (Phi) is 2.41. The largest absolute Gasteiger partial charge is 0.303 e. The van der Waals surface area contributed by atoms with Crippen molar-refractivity contribution in [1.82, 2.24) is 9.38 Å². The predicted octanol–water partition coefficient (Wildman–Crippen LogP) is 3.23. The third-order valence-electron chi connectivity index (χ3n) is 2.96. The van der Waals surface area contributed by atoms with Crippen LogP contribution in [0.1, 0.15) is 17.0 Å². The van der Waals surface area contributed by atoms with Crippen LogP contribution in [-0.4, -0.2) is 9.38 Å². The number of aryl methyl sites for hydroxylation is 1. The van der Waals surface area contributed by atoms with Crippen LogP contribution in [-0.2, 0) is 6.42 Å². The van der Waals surface area contributed by atoms with Crippen LogP contribution in [0, 0.1) is 6.92 Å². The molecule has 2 aromatic heterocycles. The minimum atomic E-state index is 0.873. The maximum atomic E-state index is 4.49. The monoisotopic (exact) mass is 222 g/mol. The van der Waals surface area contributed by atoms with E-state index < -0.39 is 0 Å². The lowest BCUT2D eigenvalue weighted by Crippen LogP contribution is -1.96. The third-order valence-corrected chi connectivity index (χ3v) is 2.96. The summed E-state index contributed by atoms with van der Waals surface area (Å²) in [5.41, 5.74) is 3.70. The normalized spacial score (nSPS) is 10.9. The van der Waals surface area contributed by atoms with Gasteiger partial charge in [0.2, 0.25) is 0 Å². The van der Waals surface area contributed by atoms with Crippen molar-refractivity contribution < 1.29 is 0 Å². The van der Waals surface area contributed by atoms with E-state index in [2.05, 4.69) is 58.9 Å². The van der Waals surface area contributed by atoms with Gasteiger partial charge in [-0.05, 0) is 24.1 Å². The van der Waals surface area contributed by atoms with Gasteiger partial charge < -0.3 is 4.40 Å². The van der Waals surface area contributed by atoms with E-state index in [0.717, 1.165) is 17.8 Å². The summed E-state index contributed by atoms with van der Waals surface area (Å²) < 4.78 is 2.17. The Balaban J connectivity index is 2.03. The van der Waals surface area contributed by atoms with E-state index in [1.165, 1.54) is 11.1 Å². The molecule has 0 N–H and O–H groups in total. The van der Waals surface area contributed by atoms with E-state index in [1.807, 2.05) is 12.3 Å². The minimum Gasteiger partial charge on any atom is -0.303 e. The summed E-state index contributed by atoms with van der Waals surface area (Å²) in [7, 11) is 0. The van der Waals surface area contributed by atoms with E-state index in [-0.39, 0.29) is 0 Å². The first-order chi connectivity index (χ1) is 8.33. The molecule has 3 rings (SSSR count). The molecule has 0 unspecified atom stereocenters. The number of benzene rings is 1. The molecule has 0 radical (unpaired) electrons. The molecule has 0 saturated carbocycles. The number of hydrogen-bond acceptors (Lipinski definition) is 1. The standard InChI is InChI=1S/C15H14N2/c1-12-7-8-14-10-16-15(17(14)11-12)9-13-5-3-2-4-6-13/h2-8,10-11H,9H2,1H3. The SMILES string of the molecule is Cc1ccc2cnc(Cc3ccccc3)n2c1. The first kappa shape index (κ1) is 10.1. The Morgan fingerprint density at radius 3 is 2.71 bits per heavy atom. The van der Waals surface area contributed by atoms with Gasteiger partial charge in [-0.15, -0.1) is 0 Å². The summed E-state index contributed by atoms with van der Waals surface area (Å²) in [5, 5.41) is 0. The van der Waals surface area contributed by atoms with Crippen molar-refractivity contribution in [3.63, 3.8) is 0 Å². The highest BCUT2D eigenvalue weighted by Crippen LogP contribution is 2.12. The highest BCUT2D eigenvalue weighted by molar-refractivity contribution is 5.47. The molecule has 84 valence electrons. The number of rotatable bonds is 2. The molecule has 1 aromatic carbocycles. The van der Waals surface area contributed by atoms with Crippen LogP contribution >= 0.6 is 0 Å². The van der Waals surface area contributed by atoms with Gasteiger partial charge in [0.25, 0.3) is 0 Å². The first-order valence-electron chi connectivity index (χ1n) is 5.79. The second-order valence-corrected chi connectivity index (χ2v) is 4.34. The summed E-state index contributed by atoms with van der Waals surface area (Å²) in [5.74, 6) is 1.09. The molecule has 0 spiro atoms. The van der Waals surface area contributed by atoms with Crippen LogP contribution < -0.4 is 0 Å². The van der Waals surface area contributed by atoms with Crippen LogP contribution in [0.2, 0.25) is 0 Å². The van der Waals surface area contributed by atoms with Crippen molar-refractivity contribution in [2.24, 2.45) is 0 Å². The average Bonchev–Trinajstić information content (AvgIpc) is 2.73. The minimum absolute atomic E-state index is 0.873. The van der Waals surface area contributed by atoms with Crippen molar-refractivity contribution in [3.8, 4) is 0 Å². The maximum absolute atomic E-state index is 4.49. The van der Waals surface area contributed by atoms with Crippen molar-refractivity contribution in [1.29, 1.82) is 0 Å². The first-order valence-corrected chi connectivity index (χ1v) is 5.79. The summed E-state index contributed by atoms with van der Waals surface area (Å²) in [6, 6.07) is 14.7. The molecule has 0 fully saturated rings. The lowest BCUT2D eigenvalue weighted by molar-refractivity contribution is 0.956. The van der Waals surface area contributed by atoms with Crippen LogP contribution in [0.3, 0.4) is 0 Å². The lowest BCUT2D eigenvalue weighted by atomic mass is 10.1. The molecule has 0 saturated heterocycles. The summed E-state index contributed by atoms with van der Waals surface area (Å²) >= 11 is 0. The number of pyridine rings is 1. The van der Waals surface area contributed by atoms with Crippen molar-refractivity contribution >= 4 is 5.52 Å². The second-order valence-electron chi connectivity index (χ2n) is 4.34. The molecule has 0 aliphatic carbocycles. The quantitative estimate of drug-likeness (QED) is 0.650. The number of hydrogen-bond donors (Lipinski definition) is 0. The van der Waals surface area contributed by atoms with Crippen LogP contribution in [0.5, 0.6) is 0 Å². The van der Waals surface area contributed by atoms with Gasteiger partial charge in [-0.25, -0.2) is 4.98 Å². The van der Waals surface area contributed by atoms with E-state index >= 15 is 0 Å². The molecule has 3 aromatic rings. The zero-order valence-corrected chi connectivity index (χ0v) is 9.80. The van der Waals surface area contributed by atoms with Gasteiger partial charge in [-0.2, -0.15) is 0 Å². The van der Waals surface area contributed by atoms with E-state index in [1.54, 1.807) is 0 Å². The lowest BCUT2D eigenvalue weighted by Gasteiger charge is -2.02. The van der Waals surface area contributed by atoms with Gasteiger partial charge in [0, 0.05) is 12.6 Å². The van der Waals surface area contributed by atoms with Gasteiger partial charge in [0.05, 0.1) is 11.7 Å². The zero-order chi connectivity index (χ0) is 11.7. The molecule has 0 aliphatic rings. The van der Waals surface area contributed by atoms with E-state index in [4.69, 9.17) is 0 Å². The number of aromatic nitrogens is 2. The molecule has 0 bridgehead atoms. The van der Waals surface area contributed by atoms with Gasteiger partial charge in [0.15, 0.2) is 0 Å². The van der Waals surface area contributed by atoms with Gasteiger partial charge in [-0.3, -0.25) is 0 Å². The Morgan fingerprint density at radius 2 is 1.88 bits per heavy atom. The van der Waals surface area contributed by atoms with Crippen LogP contribution in [0.25, 0.3) is 5.52 Å².